The molecule has 0 radical (unpaired) electrons. The molecule has 2 aromatic carbocycles. The summed E-state index contributed by atoms with van der Waals surface area (Å²) in [4.78, 5) is 26.7. The fourth-order valence-corrected chi connectivity index (χ4v) is 3.64. The van der Waals surface area contributed by atoms with Crippen LogP contribution in [0.1, 0.15) is 6.92 Å². The first-order valence-electron chi connectivity index (χ1n) is 10.5. The number of morpholine rings is 1. The number of hydrogen-bond acceptors (Lipinski definition) is 6. The number of carbonyl (C=O) groups is 1. The average molecular weight is 422 g/mol. The zero-order valence-corrected chi connectivity index (χ0v) is 17.5. The molecular formula is C24H26N2O5. The van der Waals surface area contributed by atoms with E-state index in [9.17, 15) is 9.59 Å². The maximum atomic E-state index is 12.4. The van der Waals surface area contributed by atoms with Gasteiger partial charge in [0.2, 0.25) is 0 Å². The van der Waals surface area contributed by atoms with Gasteiger partial charge in [0.25, 0.3) is 5.91 Å². The third-order valence-corrected chi connectivity index (χ3v) is 5.31. The van der Waals surface area contributed by atoms with Gasteiger partial charge in [-0.05, 0) is 30.2 Å². The molecule has 1 aliphatic heterocycles. The van der Waals surface area contributed by atoms with Gasteiger partial charge in [0, 0.05) is 43.7 Å². The smallest absolute Gasteiger partial charge is 0.336 e. The van der Waals surface area contributed by atoms with E-state index in [-0.39, 0.29) is 5.91 Å². The van der Waals surface area contributed by atoms with Crippen molar-refractivity contribution in [1.82, 2.24) is 10.2 Å². The van der Waals surface area contributed by atoms with Crippen LogP contribution >= 0.6 is 0 Å². The molecule has 0 spiro atoms. The van der Waals surface area contributed by atoms with Crippen molar-refractivity contribution in [2.75, 3.05) is 39.4 Å². The molecule has 1 amide bonds. The summed E-state index contributed by atoms with van der Waals surface area (Å²) in [5.41, 5.74) is 1.72. The van der Waals surface area contributed by atoms with Gasteiger partial charge in [-0.25, -0.2) is 4.79 Å². The highest BCUT2D eigenvalue weighted by Gasteiger charge is 2.17. The van der Waals surface area contributed by atoms with E-state index in [1.54, 1.807) is 19.1 Å². The molecule has 2 heterocycles. The Morgan fingerprint density at radius 2 is 1.90 bits per heavy atom. The summed E-state index contributed by atoms with van der Waals surface area (Å²) >= 11 is 0. The number of rotatable bonds is 7. The summed E-state index contributed by atoms with van der Waals surface area (Å²) in [6, 6.07) is 16.4. The van der Waals surface area contributed by atoms with Gasteiger partial charge in [0.1, 0.15) is 11.3 Å². The van der Waals surface area contributed by atoms with E-state index >= 15 is 0 Å². The highest BCUT2D eigenvalue weighted by molar-refractivity contribution is 5.93. The van der Waals surface area contributed by atoms with E-state index in [0.717, 1.165) is 49.4 Å². The maximum absolute atomic E-state index is 12.4. The first-order valence-corrected chi connectivity index (χ1v) is 10.5. The number of nitrogens with one attached hydrogen (secondary N) is 1. The third-order valence-electron chi connectivity index (χ3n) is 5.31. The Morgan fingerprint density at radius 3 is 2.68 bits per heavy atom. The Kier molecular flexibility index (Phi) is 6.64. The van der Waals surface area contributed by atoms with Crippen molar-refractivity contribution in [3.8, 4) is 16.9 Å². The second-order valence-corrected chi connectivity index (χ2v) is 7.51. The van der Waals surface area contributed by atoms with E-state index in [2.05, 4.69) is 10.2 Å². The molecule has 1 N–H and O–H groups in total. The van der Waals surface area contributed by atoms with Crippen LogP contribution in [0.15, 0.2) is 63.8 Å². The molecular weight excluding hydrogens is 396 g/mol. The molecule has 7 nitrogen and oxygen atoms in total. The van der Waals surface area contributed by atoms with Gasteiger partial charge in [-0.1, -0.05) is 30.3 Å². The Labute approximate surface area is 180 Å². The van der Waals surface area contributed by atoms with Crippen molar-refractivity contribution < 1.29 is 18.7 Å². The van der Waals surface area contributed by atoms with Crippen LogP contribution in [0.2, 0.25) is 0 Å². The summed E-state index contributed by atoms with van der Waals surface area (Å²) in [6.45, 7) is 6.27. The lowest BCUT2D eigenvalue weighted by atomic mass is 10.0. The highest BCUT2D eigenvalue weighted by Crippen LogP contribution is 2.29. The average Bonchev–Trinajstić information content (AvgIpc) is 2.79. The number of ether oxygens (including phenoxy) is 2. The van der Waals surface area contributed by atoms with Crippen LogP contribution in [0.4, 0.5) is 0 Å². The fourth-order valence-electron chi connectivity index (χ4n) is 3.64. The van der Waals surface area contributed by atoms with Crippen LogP contribution < -0.4 is 15.7 Å². The number of hydrogen-bond donors (Lipinski definition) is 1. The molecule has 0 unspecified atom stereocenters. The molecule has 3 aromatic rings. The monoisotopic (exact) mass is 422 g/mol. The topological polar surface area (TPSA) is 81.0 Å². The second-order valence-electron chi connectivity index (χ2n) is 7.51. The molecule has 1 aliphatic rings. The zero-order valence-electron chi connectivity index (χ0n) is 17.5. The normalized spacial score (nSPS) is 15.5. The van der Waals surface area contributed by atoms with Crippen molar-refractivity contribution in [1.29, 1.82) is 0 Å². The van der Waals surface area contributed by atoms with Gasteiger partial charge >= 0.3 is 5.63 Å². The molecule has 31 heavy (non-hydrogen) atoms. The molecule has 162 valence electrons. The predicted octanol–water partition coefficient (Wildman–Crippen LogP) is 2.68. The van der Waals surface area contributed by atoms with Gasteiger partial charge in [-0.2, -0.15) is 0 Å². The molecule has 1 atom stereocenters. The minimum atomic E-state index is -0.675. The molecule has 1 fully saturated rings. The summed E-state index contributed by atoms with van der Waals surface area (Å²) < 4.78 is 16.5. The Hall–Kier alpha value is -3.16. The molecule has 4 rings (SSSR count). The lowest BCUT2D eigenvalue weighted by Gasteiger charge is -2.26. The number of benzene rings is 2. The standard InChI is InChI=1S/C24H26N2O5/c1-17(24(28)25-9-10-26-11-13-29-14-12-26)30-19-7-8-20-21(18-5-3-2-4-6-18)16-23(27)31-22(20)15-19/h2-8,15-17H,9-14H2,1H3,(H,25,28)/t17-/m1/s1. The van der Waals surface area contributed by atoms with E-state index in [4.69, 9.17) is 13.9 Å². The Morgan fingerprint density at radius 1 is 1.13 bits per heavy atom. The minimum absolute atomic E-state index is 0.187. The highest BCUT2D eigenvalue weighted by atomic mass is 16.5. The van der Waals surface area contributed by atoms with Gasteiger partial charge in [0.05, 0.1) is 13.2 Å². The summed E-state index contributed by atoms with van der Waals surface area (Å²) in [7, 11) is 0. The summed E-state index contributed by atoms with van der Waals surface area (Å²) in [5, 5.41) is 3.71. The van der Waals surface area contributed by atoms with Crippen molar-refractivity contribution in [3.05, 3.63) is 65.0 Å². The van der Waals surface area contributed by atoms with E-state index in [0.29, 0.717) is 17.9 Å². The predicted molar refractivity (Wildman–Crippen MR) is 118 cm³/mol. The molecule has 0 saturated carbocycles. The van der Waals surface area contributed by atoms with E-state index in [1.807, 2.05) is 36.4 Å². The van der Waals surface area contributed by atoms with E-state index < -0.39 is 11.7 Å². The van der Waals surface area contributed by atoms with Gasteiger partial charge in [-0.3, -0.25) is 9.69 Å². The van der Waals surface area contributed by atoms with Crippen LogP contribution in [0.5, 0.6) is 5.75 Å². The van der Waals surface area contributed by atoms with Crippen LogP contribution in [0, 0.1) is 0 Å². The third kappa shape index (κ3) is 5.31. The number of amides is 1. The number of nitrogens with zero attached hydrogens (tertiary/aromatic N) is 1. The molecule has 1 aromatic heterocycles. The molecule has 7 heteroatoms. The van der Waals surface area contributed by atoms with Gasteiger partial charge in [0.15, 0.2) is 6.10 Å². The number of fused-ring (bicyclic) bond motifs is 1. The van der Waals surface area contributed by atoms with Crippen LogP contribution in [0.3, 0.4) is 0 Å². The zero-order chi connectivity index (χ0) is 21.6. The molecule has 1 saturated heterocycles. The number of carbonyl (C=O) groups excluding carboxylic acids is 1. The van der Waals surface area contributed by atoms with Gasteiger partial charge in [-0.15, -0.1) is 0 Å². The van der Waals surface area contributed by atoms with Crippen molar-refractivity contribution in [2.24, 2.45) is 0 Å². The lowest BCUT2D eigenvalue weighted by Crippen LogP contribution is -2.43. The van der Waals surface area contributed by atoms with Crippen molar-refractivity contribution in [3.63, 3.8) is 0 Å². The van der Waals surface area contributed by atoms with Gasteiger partial charge < -0.3 is 19.2 Å². The van der Waals surface area contributed by atoms with Crippen LogP contribution in [-0.4, -0.2) is 56.3 Å². The van der Waals surface area contributed by atoms with Crippen molar-refractivity contribution in [2.45, 2.75) is 13.0 Å². The molecule has 0 bridgehead atoms. The quantitative estimate of drug-likeness (QED) is 0.590. The second kappa shape index (κ2) is 9.76. The molecule has 0 aliphatic carbocycles. The first kappa shape index (κ1) is 21.1. The maximum Gasteiger partial charge on any atom is 0.336 e. The van der Waals surface area contributed by atoms with Crippen LogP contribution in [-0.2, 0) is 9.53 Å². The minimum Gasteiger partial charge on any atom is -0.481 e. The first-order chi connectivity index (χ1) is 15.1. The lowest BCUT2D eigenvalue weighted by molar-refractivity contribution is -0.127. The van der Waals surface area contributed by atoms with E-state index in [1.165, 1.54) is 6.07 Å². The summed E-state index contributed by atoms with van der Waals surface area (Å²) in [6.07, 6.45) is -0.675. The van der Waals surface area contributed by atoms with Crippen molar-refractivity contribution >= 4 is 16.9 Å². The SMILES string of the molecule is C[C@@H](Oc1ccc2c(-c3ccccc3)cc(=O)oc2c1)C(=O)NCCN1CCOCC1. The summed E-state index contributed by atoms with van der Waals surface area (Å²) in [5.74, 6) is 0.282. The Bertz CT molecular complexity index is 1090. The fraction of sp³-hybridized carbons (Fsp3) is 0.333. The Balaban J connectivity index is 1.42. The van der Waals surface area contributed by atoms with Crippen LogP contribution in [0.25, 0.3) is 22.1 Å². The largest absolute Gasteiger partial charge is 0.481 e.